The molecule has 1 aliphatic carbocycles. The highest BCUT2D eigenvalue weighted by Gasteiger charge is 2.26. The molecule has 0 spiro atoms. The molecule has 6 heteroatoms. The zero-order chi connectivity index (χ0) is 15.9. The van der Waals surface area contributed by atoms with Gasteiger partial charge in [-0.1, -0.05) is 19.3 Å². The van der Waals surface area contributed by atoms with Crippen molar-refractivity contribution < 1.29 is 0 Å². The fourth-order valence-electron chi connectivity index (χ4n) is 2.92. The van der Waals surface area contributed by atoms with Crippen molar-refractivity contribution in [2.75, 3.05) is 11.5 Å². The Morgan fingerprint density at radius 1 is 1.09 bits per heavy atom. The van der Waals surface area contributed by atoms with Gasteiger partial charge in [-0.25, -0.2) is 4.98 Å². The van der Waals surface area contributed by atoms with Gasteiger partial charge in [-0.15, -0.1) is 11.8 Å². The Balaban J connectivity index is 2.50. The number of pyridine rings is 1. The second kappa shape index (κ2) is 7.69. The van der Waals surface area contributed by atoms with Crippen molar-refractivity contribution in [1.82, 2.24) is 4.98 Å². The Kier molecular flexibility index (Phi) is 5.64. The standard InChI is InChI=1S/C16H17N5S/c17-7-4-8-22-16-13(10-19)14(11-5-2-1-3-6-11)12(9-18)15(20)21-16/h11H,1-6,8H2,(H2,20,21). The number of nitriles is 3. The van der Waals surface area contributed by atoms with Crippen LogP contribution in [0.4, 0.5) is 5.82 Å². The third kappa shape index (κ3) is 3.32. The summed E-state index contributed by atoms with van der Waals surface area (Å²) in [7, 11) is 0. The maximum Gasteiger partial charge on any atom is 0.143 e. The van der Waals surface area contributed by atoms with Gasteiger partial charge < -0.3 is 5.73 Å². The average Bonchev–Trinajstić information content (AvgIpc) is 2.55. The van der Waals surface area contributed by atoms with Crippen LogP contribution in [0.5, 0.6) is 0 Å². The fourth-order valence-corrected chi connectivity index (χ4v) is 3.77. The molecule has 0 amide bonds. The first-order valence-corrected chi connectivity index (χ1v) is 8.34. The van der Waals surface area contributed by atoms with Crippen molar-refractivity contribution >= 4 is 17.6 Å². The molecule has 0 unspecified atom stereocenters. The van der Waals surface area contributed by atoms with E-state index in [1.807, 2.05) is 0 Å². The normalized spacial score (nSPS) is 14.8. The topological polar surface area (TPSA) is 110 Å². The van der Waals surface area contributed by atoms with Gasteiger partial charge in [0.25, 0.3) is 0 Å². The van der Waals surface area contributed by atoms with Crippen LogP contribution in [0.25, 0.3) is 0 Å². The number of nitrogens with zero attached hydrogens (tertiary/aromatic N) is 4. The number of anilines is 1. The maximum absolute atomic E-state index is 9.58. The van der Waals surface area contributed by atoms with E-state index in [0.29, 0.717) is 28.3 Å². The summed E-state index contributed by atoms with van der Waals surface area (Å²) in [5.41, 5.74) is 7.55. The molecule has 1 fully saturated rings. The van der Waals surface area contributed by atoms with E-state index in [1.54, 1.807) is 0 Å². The van der Waals surface area contributed by atoms with Gasteiger partial charge >= 0.3 is 0 Å². The van der Waals surface area contributed by atoms with Crippen LogP contribution in [-0.4, -0.2) is 10.7 Å². The number of nitrogen functional groups attached to an aromatic ring is 1. The molecule has 22 heavy (non-hydrogen) atoms. The molecule has 0 aromatic carbocycles. The second-order valence-electron chi connectivity index (χ2n) is 5.28. The first-order valence-electron chi connectivity index (χ1n) is 7.36. The van der Waals surface area contributed by atoms with Gasteiger partial charge in [0, 0.05) is 12.2 Å². The number of hydrogen-bond donors (Lipinski definition) is 1. The summed E-state index contributed by atoms with van der Waals surface area (Å²) in [6, 6.07) is 6.42. The molecule has 1 aromatic rings. The van der Waals surface area contributed by atoms with E-state index in [9.17, 15) is 10.5 Å². The lowest BCUT2D eigenvalue weighted by Crippen LogP contribution is -2.13. The molecule has 0 bridgehead atoms. The third-order valence-electron chi connectivity index (χ3n) is 3.92. The second-order valence-corrected chi connectivity index (χ2v) is 6.36. The van der Waals surface area contributed by atoms with Crippen molar-refractivity contribution in [3.63, 3.8) is 0 Å². The minimum atomic E-state index is 0.196. The molecule has 1 aliphatic rings. The summed E-state index contributed by atoms with van der Waals surface area (Å²) in [5.74, 6) is 0.966. The van der Waals surface area contributed by atoms with E-state index in [4.69, 9.17) is 11.0 Å². The first-order chi connectivity index (χ1) is 10.7. The lowest BCUT2D eigenvalue weighted by Gasteiger charge is -2.25. The maximum atomic E-state index is 9.58. The lowest BCUT2D eigenvalue weighted by atomic mass is 9.80. The van der Waals surface area contributed by atoms with Crippen LogP contribution in [0, 0.1) is 34.0 Å². The van der Waals surface area contributed by atoms with Gasteiger partial charge in [0.2, 0.25) is 0 Å². The fraction of sp³-hybridized carbons (Fsp3) is 0.500. The average molecular weight is 311 g/mol. The summed E-state index contributed by atoms with van der Waals surface area (Å²) in [6.07, 6.45) is 5.77. The van der Waals surface area contributed by atoms with Crippen LogP contribution >= 0.6 is 11.8 Å². The van der Waals surface area contributed by atoms with Gasteiger partial charge in [-0.2, -0.15) is 15.8 Å². The molecule has 5 nitrogen and oxygen atoms in total. The molecule has 112 valence electrons. The van der Waals surface area contributed by atoms with Gasteiger partial charge in [0.15, 0.2) is 0 Å². The third-order valence-corrected chi connectivity index (χ3v) is 4.90. The Bertz CT molecular complexity index is 672. The first kappa shape index (κ1) is 16.1. The van der Waals surface area contributed by atoms with Gasteiger partial charge in [-0.05, 0) is 24.3 Å². The molecule has 1 heterocycles. The Morgan fingerprint density at radius 3 is 2.36 bits per heavy atom. The highest BCUT2D eigenvalue weighted by molar-refractivity contribution is 7.99. The molecule has 0 radical (unpaired) electrons. The van der Waals surface area contributed by atoms with Crippen LogP contribution in [-0.2, 0) is 0 Å². The highest BCUT2D eigenvalue weighted by Crippen LogP contribution is 2.40. The Morgan fingerprint density at radius 2 is 1.77 bits per heavy atom. The summed E-state index contributed by atoms with van der Waals surface area (Å²) in [5, 5.41) is 28.2. The highest BCUT2D eigenvalue weighted by atomic mass is 32.2. The molecular weight excluding hydrogens is 294 g/mol. The molecule has 1 saturated carbocycles. The van der Waals surface area contributed by atoms with Gasteiger partial charge in [0.05, 0.1) is 17.2 Å². The number of rotatable bonds is 4. The van der Waals surface area contributed by atoms with Gasteiger partial charge in [0.1, 0.15) is 23.0 Å². The van der Waals surface area contributed by atoms with E-state index in [0.717, 1.165) is 31.2 Å². The van der Waals surface area contributed by atoms with Crippen LogP contribution < -0.4 is 5.73 Å². The zero-order valence-corrected chi connectivity index (χ0v) is 13.1. The number of hydrogen-bond acceptors (Lipinski definition) is 6. The molecular formula is C16H17N5S. The minimum Gasteiger partial charge on any atom is -0.383 e. The molecule has 0 atom stereocenters. The van der Waals surface area contributed by atoms with Crippen molar-refractivity contribution in [3.8, 4) is 18.2 Å². The van der Waals surface area contributed by atoms with E-state index in [1.165, 1.54) is 18.2 Å². The number of nitrogens with two attached hydrogens (primary N) is 1. The molecule has 2 rings (SSSR count). The largest absolute Gasteiger partial charge is 0.383 e. The summed E-state index contributed by atoms with van der Waals surface area (Å²) in [6.45, 7) is 0. The zero-order valence-electron chi connectivity index (χ0n) is 12.3. The predicted molar refractivity (Wildman–Crippen MR) is 84.9 cm³/mol. The predicted octanol–water partition coefficient (Wildman–Crippen LogP) is 3.46. The summed E-state index contributed by atoms with van der Waals surface area (Å²) in [4.78, 5) is 4.23. The molecule has 2 N–H and O–H groups in total. The number of thioether (sulfide) groups is 1. The van der Waals surface area contributed by atoms with Crippen molar-refractivity contribution in [2.45, 2.75) is 49.5 Å². The molecule has 1 aromatic heterocycles. The monoisotopic (exact) mass is 311 g/mol. The van der Waals surface area contributed by atoms with Crippen LogP contribution in [0.3, 0.4) is 0 Å². The summed E-state index contributed by atoms with van der Waals surface area (Å²) < 4.78 is 0. The summed E-state index contributed by atoms with van der Waals surface area (Å²) >= 11 is 1.36. The number of aromatic nitrogens is 1. The Labute approximate surface area is 134 Å². The smallest absolute Gasteiger partial charge is 0.143 e. The SMILES string of the molecule is N#CCCSc1nc(N)c(C#N)c(C2CCCCC2)c1C#N. The Hall–Kier alpha value is -2.23. The van der Waals surface area contributed by atoms with Crippen LogP contribution in [0.15, 0.2) is 5.03 Å². The quantitative estimate of drug-likeness (QED) is 0.673. The van der Waals surface area contributed by atoms with Crippen molar-refractivity contribution in [1.29, 1.82) is 15.8 Å². The van der Waals surface area contributed by atoms with E-state index in [2.05, 4.69) is 23.2 Å². The van der Waals surface area contributed by atoms with Crippen molar-refractivity contribution in [3.05, 3.63) is 16.7 Å². The molecule has 0 aliphatic heterocycles. The van der Waals surface area contributed by atoms with E-state index >= 15 is 0 Å². The van der Waals surface area contributed by atoms with E-state index < -0.39 is 0 Å². The van der Waals surface area contributed by atoms with Crippen LogP contribution in [0.1, 0.15) is 61.1 Å². The molecule has 0 saturated heterocycles. The van der Waals surface area contributed by atoms with Crippen LogP contribution in [0.2, 0.25) is 0 Å². The minimum absolute atomic E-state index is 0.196. The van der Waals surface area contributed by atoms with E-state index in [-0.39, 0.29) is 11.7 Å². The lowest BCUT2D eigenvalue weighted by molar-refractivity contribution is 0.442. The van der Waals surface area contributed by atoms with Crippen molar-refractivity contribution in [2.24, 2.45) is 0 Å². The van der Waals surface area contributed by atoms with Gasteiger partial charge in [-0.3, -0.25) is 0 Å².